The van der Waals surface area contributed by atoms with Gasteiger partial charge >= 0.3 is 0 Å². The number of likely N-dealkylation sites (N-methyl/N-ethyl adjacent to an activating group) is 1. The number of nitrogens with one attached hydrogen (secondary N) is 1. The Bertz CT molecular complexity index is 864. The Kier molecular flexibility index (Phi) is 13.6. The summed E-state index contributed by atoms with van der Waals surface area (Å²) in [5, 5.41) is 37.2. The van der Waals surface area contributed by atoms with Crippen LogP contribution in [-0.4, -0.2) is 93.9 Å². The largest absolute Gasteiger partial charge is 0.390 e. The van der Waals surface area contributed by atoms with Crippen molar-refractivity contribution in [2.24, 2.45) is 23.7 Å². The second-order valence-electron chi connectivity index (χ2n) is 14.4. The van der Waals surface area contributed by atoms with Gasteiger partial charge in [0.1, 0.15) is 6.10 Å². The van der Waals surface area contributed by atoms with Gasteiger partial charge in [0.05, 0.1) is 24.3 Å². The van der Waals surface area contributed by atoms with E-state index in [-0.39, 0.29) is 43.1 Å². The normalized spacial score (nSPS) is 22.2. The van der Waals surface area contributed by atoms with Crippen LogP contribution in [0.5, 0.6) is 0 Å². The van der Waals surface area contributed by atoms with E-state index in [9.17, 15) is 29.7 Å². The smallest absolute Gasteiger partial charge is 0.241 e. The van der Waals surface area contributed by atoms with E-state index in [0.717, 1.165) is 57.8 Å². The van der Waals surface area contributed by atoms with Crippen molar-refractivity contribution in [3.8, 4) is 0 Å². The summed E-state index contributed by atoms with van der Waals surface area (Å²) < 4.78 is 0. The Morgan fingerprint density at radius 3 is 2.05 bits per heavy atom. The summed E-state index contributed by atoms with van der Waals surface area (Å²) in [6, 6.07) is -0.639. The van der Waals surface area contributed by atoms with Crippen LogP contribution in [-0.2, 0) is 14.4 Å². The van der Waals surface area contributed by atoms with Crippen molar-refractivity contribution in [1.82, 2.24) is 15.1 Å². The highest BCUT2D eigenvalue weighted by atomic mass is 16.3. The molecule has 0 bridgehead atoms. The van der Waals surface area contributed by atoms with E-state index in [1.54, 1.807) is 19.0 Å². The van der Waals surface area contributed by atoms with Gasteiger partial charge < -0.3 is 30.4 Å². The highest BCUT2D eigenvalue weighted by Gasteiger charge is 2.43. The van der Waals surface area contributed by atoms with Gasteiger partial charge in [0.15, 0.2) is 0 Å². The Morgan fingerprint density at radius 1 is 0.881 bits per heavy atom. The van der Waals surface area contributed by atoms with Crippen LogP contribution in [0.1, 0.15) is 117 Å². The molecular weight excluding hydrogens is 534 g/mol. The number of carbonyl (C=O) groups is 3. The molecule has 9 nitrogen and oxygen atoms in total. The summed E-state index contributed by atoms with van der Waals surface area (Å²) in [4.78, 5) is 42.8. The van der Waals surface area contributed by atoms with Gasteiger partial charge in [-0.25, -0.2) is 0 Å². The van der Waals surface area contributed by atoms with Crippen LogP contribution in [0.4, 0.5) is 0 Å². The lowest BCUT2D eigenvalue weighted by atomic mass is 9.79. The average Bonchev–Trinajstić information content (AvgIpc) is 3.77. The number of hydrogen-bond acceptors (Lipinski definition) is 6. The monoisotopic (exact) mass is 593 g/mol. The van der Waals surface area contributed by atoms with Gasteiger partial charge in [-0.2, -0.15) is 0 Å². The van der Waals surface area contributed by atoms with E-state index >= 15 is 0 Å². The van der Waals surface area contributed by atoms with Crippen molar-refractivity contribution in [3.05, 3.63) is 0 Å². The number of aliphatic hydroxyl groups is 3. The Morgan fingerprint density at radius 2 is 1.48 bits per heavy atom. The second kappa shape index (κ2) is 16.4. The van der Waals surface area contributed by atoms with Gasteiger partial charge in [-0.05, 0) is 49.9 Å². The third-order valence-electron chi connectivity index (χ3n) is 9.76. The van der Waals surface area contributed by atoms with Crippen molar-refractivity contribution >= 4 is 17.7 Å². The molecule has 3 saturated carbocycles. The first-order valence-electron chi connectivity index (χ1n) is 16.7. The van der Waals surface area contributed by atoms with Gasteiger partial charge in [-0.15, -0.1) is 0 Å². The minimum atomic E-state index is -1.14. The predicted octanol–water partition coefficient (Wildman–Crippen LogP) is 3.63. The van der Waals surface area contributed by atoms with E-state index in [1.807, 2.05) is 13.8 Å². The van der Waals surface area contributed by atoms with Gasteiger partial charge in [0.2, 0.25) is 17.7 Å². The maximum atomic E-state index is 14.6. The van der Waals surface area contributed by atoms with E-state index in [2.05, 4.69) is 5.32 Å². The third-order valence-corrected chi connectivity index (χ3v) is 9.76. The minimum absolute atomic E-state index is 0.0360. The minimum Gasteiger partial charge on any atom is -0.390 e. The van der Waals surface area contributed by atoms with Crippen LogP contribution < -0.4 is 5.32 Å². The maximum Gasteiger partial charge on any atom is 0.241 e. The highest BCUT2D eigenvalue weighted by Crippen LogP contribution is 2.39. The highest BCUT2D eigenvalue weighted by molar-refractivity contribution is 5.88. The fourth-order valence-electron chi connectivity index (χ4n) is 7.03. The molecule has 4 N–H and O–H groups in total. The number of nitrogens with zero attached hydrogens (tertiary/aromatic N) is 2. The first kappa shape index (κ1) is 34.8. The molecule has 0 aromatic rings. The van der Waals surface area contributed by atoms with E-state index < -0.39 is 29.8 Å². The van der Waals surface area contributed by atoms with Crippen molar-refractivity contribution in [3.63, 3.8) is 0 Å². The molecule has 0 aromatic heterocycles. The van der Waals surface area contributed by atoms with E-state index in [0.29, 0.717) is 43.9 Å². The summed E-state index contributed by atoms with van der Waals surface area (Å²) in [6.07, 6.45) is 11.0. The molecule has 0 saturated heterocycles. The quantitative estimate of drug-likeness (QED) is 0.216. The topological polar surface area (TPSA) is 130 Å². The van der Waals surface area contributed by atoms with Crippen LogP contribution in [0.15, 0.2) is 0 Å². The molecule has 9 heteroatoms. The first-order valence-corrected chi connectivity index (χ1v) is 16.7. The third kappa shape index (κ3) is 11.1. The lowest BCUT2D eigenvalue weighted by Gasteiger charge is -2.45. The van der Waals surface area contributed by atoms with Crippen LogP contribution in [0.25, 0.3) is 0 Å². The molecule has 0 unspecified atom stereocenters. The van der Waals surface area contributed by atoms with Crippen molar-refractivity contribution in [2.45, 2.75) is 140 Å². The zero-order valence-electron chi connectivity index (χ0n) is 26.7. The molecule has 0 spiro atoms. The average molecular weight is 594 g/mol. The standard InChI is InChI=1S/C33H59N3O6/c1-23(2)17-28(37)31(40)27(19-24-11-7-5-8-12-24)36(22-33(42)15-9-6-10-16-33)32(41)26(18-25-13-14-25)20-29(38)34-21-30(39)35(3)4/h23-28,31,37,40,42H,5-22H2,1-4H3,(H,34,38)/t26-,27+,28+,31-/m1/s1. The molecule has 0 heterocycles. The number of carbonyl (C=O) groups excluding carboxylic acids is 3. The summed E-state index contributed by atoms with van der Waals surface area (Å²) in [6.45, 7) is 4.00. The molecule has 3 fully saturated rings. The van der Waals surface area contributed by atoms with E-state index in [1.165, 1.54) is 11.3 Å². The van der Waals surface area contributed by atoms with Gasteiger partial charge in [0.25, 0.3) is 0 Å². The molecule has 0 aliphatic heterocycles. The zero-order valence-corrected chi connectivity index (χ0v) is 26.7. The lowest BCUT2D eigenvalue weighted by molar-refractivity contribution is -0.153. The maximum absolute atomic E-state index is 14.6. The molecule has 3 aliphatic rings. The van der Waals surface area contributed by atoms with Crippen molar-refractivity contribution in [2.75, 3.05) is 27.2 Å². The molecule has 4 atom stereocenters. The van der Waals surface area contributed by atoms with Crippen LogP contribution in [0, 0.1) is 23.7 Å². The summed E-state index contributed by atoms with van der Waals surface area (Å²) in [5.41, 5.74) is -1.05. The Labute approximate surface area is 253 Å². The lowest BCUT2D eigenvalue weighted by Crippen LogP contribution is -2.58. The SMILES string of the molecule is CC(C)C[C@H](O)[C@H](O)[C@H](CC1CCCCC1)N(CC1(O)CCCCC1)C(=O)[C@@H](CC(=O)NCC(=O)N(C)C)CC1CC1. The van der Waals surface area contributed by atoms with Crippen LogP contribution >= 0.6 is 0 Å². The zero-order chi connectivity index (χ0) is 30.9. The molecule has 3 rings (SSSR count). The van der Waals surface area contributed by atoms with Gasteiger partial charge in [0, 0.05) is 33.0 Å². The summed E-state index contributed by atoms with van der Waals surface area (Å²) in [5.74, 6) is -0.498. The fourth-order valence-corrected chi connectivity index (χ4v) is 7.03. The fraction of sp³-hybridized carbons (Fsp3) is 0.909. The van der Waals surface area contributed by atoms with Crippen molar-refractivity contribution in [1.29, 1.82) is 0 Å². The number of aliphatic hydroxyl groups excluding tert-OH is 2. The number of hydrogen-bond donors (Lipinski definition) is 4. The Balaban J connectivity index is 1.91. The summed E-state index contributed by atoms with van der Waals surface area (Å²) >= 11 is 0. The molecule has 0 radical (unpaired) electrons. The van der Waals surface area contributed by atoms with E-state index in [4.69, 9.17) is 0 Å². The molecule has 3 amide bonds. The number of amides is 3. The first-order chi connectivity index (χ1) is 19.9. The Hall–Kier alpha value is -1.71. The van der Waals surface area contributed by atoms with Crippen LogP contribution in [0.3, 0.4) is 0 Å². The van der Waals surface area contributed by atoms with Gasteiger partial charge in [-0.3, -0.25) is 14.4 Å². The molecule has 242 valence electrons. The predicted molar refractivity (Wildman–Crippen MR) is 163 cm³/mol. The summed E-state index contributed by atoms with van der Waals surface area (Å²) in [7, 11) is 3.26. The molecule has 42 heavy (non-hydrogen) atoms. The second-order valence-corrected chi connectivity index (χ2v) is 14.4. The van der Waals surface area contributed by atoms with Crippen molar-refractivity contribution < 1.29 is 29.7 Å². The molecular formula is C33H59N3O6. The van der Waals surface area contributed by atoms with Gasteiger partial charge in [-0.1, -0.05) is 78.1 Å². The molecule has 0 aromatic carbocycles. The van der Waals surface area contributed by atoms with Crippen LogP contribution in [0.2, 0.25) is 0 Å². The molecule has 3 aliphatic carbocycles. The number of rotatable bonds is 16.